The minimum atomic E-state index is -3.58. The average molecular weight is 316 g/mol. The molecule has 1 aromatic rings. The largest absolute Gasteiger partial charge is 0.492 e. The second kappa shape index (κ2) is 6.24. The minimum absolute atomic E-state index is 0.0425. The lowest BCUT2D eigenvalue weighted by Gasteiger charge is -2.24. The molecular weight excluding hydrogens is 296 g/mol. The van der Waals surface area contributed by atoms with Crippen LogP contribution in [0.25, 0.3) is 0 Å². The Balaban J connectivity index is 2.39. The van der Waals surface area contributed by atoms with Crippen LogP contribution < -0.4 is 10.5 Å². The van der Waals surface area contributed by atoms with E-state index < -0.39 is 10.0 Å². The third kappa shape index (κ3) is 3.05. The maximum absolute atomic E-state index is 12.7. The SMILES string of the molecule is CCOc1ccc(N)cc1S(=O)(=O)N(C)C1CCSC1. The molecule has 0 aromatic heterocycles. The highest BCUT2D eigenvalue weighted by atomic mass is 32.2. The van der Waals surface area contributed by atoms with Crippen LogP contribution in [0.3, 0.4) is 0 Å². The Labute approximate surface area is 124 Å². The second-order valence-electron chi connectivity index (χ2n) is 4.68. The first kappa shape index (κ1) is 15.5. The topological polar surface area (TPSA) is 72.6 Å². The van der Waals surface area contributed by atoms with Crippen LogP contribution in [-0.4, -0.2) is 43.9 Å². The zero-order chi connectivity index (χ0) is 14.8. The van der Waals surface area contributed by atoms with Crippen molar-refractivity contribution in [3.63, 3.8) is 0 Å². The average Bonchev–Trinajstić information content (AvgIpc) is 2.94. The molecule has 1 fully saturated rings. The van der Waals surface area contributed by atoms with Gasteiger partial charge in [-0.2, -0.15) is 16.1 Å². The number of nitrogen functional groups attached to an aromatic ring is 1. The van der Waals surface area contributed by atoms with E-state index in [9.17, 15) is 8.42 Å². The molecule has 1 saturated heterocycles. The molecular formula is C13H20N2O3S2. The summed E-state index contributed by atoms with van der Waals surface area (Å²) in [5.41, 5.74) is 6.15. The van der Waals surface area contributed by atoms with Gasteiger partial charge in [0.05, 0.1) is 6.61 Å². The van der Waals surface area contributed by atoms with Gasteiger partial charge in [-0.15, -0.1) is 0 Å². The van der Waals surface area contributed by atoms with Crippen LogP contribution in [-0.2, 0) is 10.0 Å². The van der Waals surface area contributed by atoms with E-state index in [1.165, 1.54) is 10.4 Å². The van der Waals surface area contributed by atoms with E-state index >= 15 is 0 Å². The lowest BCUT2D eigenvalue weighted by molar-refractivity contribution is 0.328. The van der Waals surface area contributed by atoms with Gasteiger partial charge in [-0.3, -0.25) is 0 Å². The van der Waals surface area contributed by atoms with E-state index in [1.54, 1.807) is 30.9 Å². The summed E-state index contributed by atoms with van der Waals surface area (Å²) in [5, 5.41) is 0. The number of sulfonamides is 1. The summed E-state index contributed by atoms with van der Waals surface area (Å²) < 4.78 is 32.4. The fourth-order valence-corrected chi connectivity index (χ4v) is 5.07. The highest BCUT2D eigenvalue weighted by Gasteiger charge is 2.32. The van der Waals surface area contributed by atoms with Gasteiger partial charge in [0.2, 0.25) is 10.0 Å². The van der Waals surface area contributed by atoms with Crippen LogP contribution in [0.4, 0.5) is 5.69 Å². The monoisotopic (exact) mass is 316 g/mol. The zero-order valence-electron chi connectivity index (χ0n) is 11.7. The smallest absolute Gasteiger partial charge is 0.246 e. The van der Waals surface area contributed by atoms with Gasteiger partial charge in [-0.25, -0.2) is 8.42 Å². The van der Waals surface area contributed by atoms with E-state index in [1.807, 2.05) is 6.92 Å². The summed E-state index contributed by atoms with van der Waals surface area (Å²) >= 11 is 1.78. The fourth-order valence-electron chi connectivity index (χ4n) is 2.16. The number of nitrogens with zero attached hydrogens (tertiary/aromatic N) is 1. The van der Waals surface area contributed by atoms with Gasteiger partial charge in [0.25, 0.3) is 0 Å². The first-order chi connectivity index (χ1) is 9.46. The van der Waals surface area contributed by atoms with Crippen molar-refractivity contribution < 1.29 is 13.2 Å². The van der Waals surface area contributed by atoms with E-state index in [0.29, 0.717) is 18.0 Å². The molecule has 0 aliphatic carbocycles. The van der Waals surface area contributed by atoms with Crippen LogP contribution in [0.15, 0.2) is 23.1 Å². The predicted molar refractivity (Wildman–Crippen MR) is 82.7 cm³/mol. The molecule has 1 heterocycles. The molecule has 2 N–H and O–H groups in total. The number of ether oxygens (including phenoxy) is 1. The number of rotatable bonds is 5. The number of thioether (sulfide) groups is 1. The van der Waals surface area contributed by atoms with Gasteiger partial charge >= 0.3 is 0 Å². The Morgan fingerprint density at radius 3 is 2.85 bits per heavy atom. The van der Waals surface area contributed by atoms with Crippen molar-refractivity contribution >= 4 is 27.5 Å². The maximum Gasteiger partial charge on any atom is 0.246 e. The van der Waals surface area contributed by atoms with Crippen molar-refractivity contribution in [2.75, 3.05) is 30.9 Å². The molecule has 0 bridgehead atoms. The molecule has 0 saturated carbocycles. The molecule has 2 rings (SSSR count). The third-order valence-electron chi connectivity index (χ3n) is 3.34. The Bertz CT molecular complexity index is 569. The van der Waals surface area contributed by atoms with Gasteiger partial charge < -0.3 is 10.5 Å². The van der Waals surface area contributed by atoms with Gasteiger partial charge in [0.15, 0.2) is 0 Å². The number of hydrogen-bond acceptors (Lipinski definition) is 5. The van der Waals surface area contributed by atoms with Gasteiger partial charge in [0.1, 0.15) is 10.6 Å². The maximum atomic E-state index is 12.7. The number of benzene rings is 1. The molecule has 1 aliphatic heterocycles. The van der Waals surface area contributed by atoms with Gasteiger partial charge in [0, 0.05) is 24.5 Å². The van der Waals surface area contributed by atoms with Crippen molar-refractivity contribution in [1.82, 2.24) is 4.31 Å². The number of nitrogens with two attached hydrogens (primary N) is 1. The molecule has 7 heteroatoms. The van der Waals surface area contributed by atoms with Crippen LogP contribution in [0.2, 0.25) is 0 Å². The first-order valence-electron chi connectivity index (χ1n) is 6.55. The van der Waals surface area contributed by atoms with E-state index in [2.05, 4.69) is 0 Å². The van der Waals surface area contributed by atoms with Gasteiger partial charge in [-0.05, 0) is 37.3 Å². The van der Waals surface area contributed by atoms with Crippen LogP contribution in [0.5, 0.6) is 5.75 Å². The summed E-state index contributed by atoms with van der Waals surface area (Å²) in [6.45, 7) is 2.24. The molecule has 0 radical (unpaired) electrons. The normalized spacial score (nSPS) is 19.4. The number of anilines is 1. The Hall–Kier alpha value is -0.920. The highest BCUT2D eigenvalue weighted by molar-refractivity contribution is 7.99. The van der Waals surface area contributed by atoms with Crippen molar-refractivity contribution in [2.24, 2.45) is 0 Å². The Kier molecular flexibility index (Phi) is 4.82. The Morgan fingerprint density at radius 1 is 1.50 bits per heavy atom. The molecule has 20 heavy (non-hydrogen) atoms. The third-order valence-corrected chi connectivity index (χ3v) is 6.42. The molecule has 1 atom stereocenters. The number of hydrogen-bond donors (Lipinski definition) is 1. The quantitative estimate of drug-likeness (QED) is 0.839. The van der Waals surface area contributed by atoms with Crippen LogP contribution in [0, 0.1) is 0 Å². The van der Waals surface area contributed by atoms with Crippen molar-refractivity contribution in [2.45, 2.75) is 24.3 Å². The van der Waals surface area contributed by atoms with Crippen LogP contribution in [0.1, 0.15) is 13.3 Å². The summed E-state index contributed by atoms with van der Waals surface area (Å²) in [6.07, 6.45) is 0.882. The summed E-state index contributed by atoms with van der Waals surface area (Å²) in [6, 6.07) is 4.78. The van der Waals surface area contributed by atoms with Crippen LogP contribution >= 0.6 is 11.8 Å². The minimum Gasteiger partial charge on any atom is -0.492 e. The lowest BCUT2D eigenvalue weighted by Crippen LogP contribution is -2.37. The molecule has 0 amide bonds. The highest BCUT2D eigenvalue weighted by Crippen LogP contribution is 2.32. The van der Waals surface area contributed by atoms with Gasteiger partial charge in [-0.1, -0.05) is 0 Å². The summed E-state index contributed by atoms with van der Waals surface area (Å²) in [7, 11) is -1.95. The second-order valence-corrected chi connectivity index (χ2v) is 7.79. The standard InChI is InChI=1S/C13H20N2O3S2/c1-3-18-12-5-4-10(14)8-13(12)20(16,17)15(2)11-6-7-19-9-11/h4-5,8,11H,3,6-7,9,14H2,1-2H3. The fraction of sp³-hybridized carbons (Fsp3) is 0.538. The molecule has 1 aliphatic rings. The molecule has 1 unspecified atom stereocenters. The van der Waals surface area contributed by atoms with Crippen molar-refractivity contribution in [3.05, 3.63) is 18.2 Å². The molecule has 1 aromatic carbocycles. The molecule has 112 valence electrons. The van der Waals surface area contributed by atoms with E-state index in [0.717, 1.165) is 17.9 Å². The lowest BCUT2D eigenvalue weighted by atomic mass is 10.3. The van der Waals surface area contributed by atoms with Crippen molar-refractivity contribution in [1.29, 1.82) is 0 Å². The van der Waals surface area contributed by atoms with E-state index in [4.69, 9.17) is 10.5 Å². The molecule has 0 spiro atoms. The summed E-state index contributed by atoms with van der Waals surface area (Å²) in [5.74, 6) is 2.20. The van der Waals surface area contributed by atoms with E-state index in [-0.39, 0.29) is 10.9 Å². The summed E-state index contributed by atoms with van der Waals surface area (Å²) in [4.78, 5) is 0.152. The zero-order valence-corrected chi connectivity index (χ0v) is 13.3. The predicted octanol–water partition coefficient (Wildman–Crippen LogP) is 1.79. The van der Waals surface area contributed by atoms with Crippen molar-refractivity contribution in [3.8, 4) is 5.75 Å². The first-order valence-corrected chi connectivity index (χ1v) is 9.14. The Morgan fingerprint density at radius 2 is 2.25 bits per heavy atom. The molecule has 5 nitrogen and oxygen atoms in total.